The van der Waals surface area contributed by atoms with Gasteiger partial charge in [0.1, 0.15) is 28.3 Å². The maximum absolute atomic E-state index is 6.78. The number of hydrogen-bond donors (Lipinski definition) is 0. The monoisotopic (exact) mass is 594 g/mol. The highest BCUT2D eigenvalue weighted by molar-refractivity contribution is 6.11. The van der Waals surface area contributed by atoms with Gasteiger partial charge in [-0.2, -0.15) is 9.13 Å². The van der Waals surface area contributed by atoms with E-state index in [9.17, 15) is 0 Å². The van der Waals surface area contributed by atoms with Crippen LogP contribution in [0.1, 0.15) is 22.4 Å². The van der Waals surface area contributed by atoms with E-state index in [4.69, 9.17) is 9.72 Å². The van der Waals surface area contributed by atoms with Gasteiger partial charge in [0.2, 0.25) is 6.20 Å². The molecule has 7 nitrogen and oxygen atoms in total. The van der Waals surface area contributed by atoms with Crippen LogP contribution in [0, 0.1) is 13.8 Å². The van der Waals surface area contributed by atoms with E-state index in [0.29, 0.717) is 0 Å². The van der Waals surface area contributed by atoms with Gasteiger partial charge >= 0.3 is 5.66 Å². The molecule has 0 amide bonds. The van der Waals surface area contributed by atoms with E-state index in [1.807, 2.05) is 24.5 Å². The van der Waals surface area contributed by atoms with E-state index < -0.39 is 5.66 Å². The number of hydrogen-bond acceptors (Lipinski definition) is 3. The van der Waals surface area contributed by atoms with Crippen molar-refractivity contribution in [3.05, 3.63) is 144 Å². The van der Waals surface area contributed by atoms with E-state index in [1.165, 1.54) is 27.4 Å². The molecule has 0 aliphatic carbocycles. The average molecular weight is 595 g/mol. The third-order valence-corrected chi connectivity index (χ3v) is 10.1. The average Bonchev–Trinajstić information content (AvgIpc) is 3.75. The van der Waals surface area contributed by atoms with Gasteiger partial charge in [-0.3, -0.25) is 9.97 Å². The summed E-state index contributed by atoms with van der Waals surface area (Å²) in [5, 5.41) is 2.46. The van der Waals surface area contributed by atoms with Crippen LogP contribution in [0.5, 0.6) is 11.5 Å². The Morgan fingerprint density at radius 1 is 0.783 bits per heavy atom. The predicted octanol–water partition coefficient (Wildman–Crippen LogP) is 6.92. The molecule has 3 aliphatic heterocycles. The van der Waals surface area contributed by atoms with Crippen LogP contribution in [-0.4, -0.2) is 19.2 Å². The van der Waals surface area contributed by atoms with E-state index in [1.54, 1.807) is 0 Å². The van der Waals surface area contributed by atoms with Crippen LogP contribution in [0.25, 0.3) is 55.7 Å². The first-order valence-electron chi connectivity index (χ1n) is 15.6. The summed E-state index contributed by atoms with van der Waals surface area (Å²) < 4.78 is 16.4. The van der Waals surface area contributed by atoms with Crippen LogP contribution in [0.3, 0.4) is 0 Å². The first kappa shape index (κ1) is 24.3. The van der Waals surface area contributed by atoms with E-state index >= 15 is 0 Å². The maximum Gasteiger partial charge on any atom is 0.397 e. The molecule has 8 aromatic rings. The van der Waals surface area contributed by atoms with E-state index in [2.05, 4.69) is 135 Å². The number of pyridine rings is 3. The fraction of sp³-hybridized carbons (Fsp3) is 0.0769. The van der Waals surface area contributed by atoms with Gasteiger partial charge in [0, 0.05) is 46.1 Å². The molecule has 0 radical (unpaired) electrons. The molecule has 11 rings (SSSR count). The fourth-order valence-electron chi connectivity index (χ4n) is 8.48. The van der Waals surface area contributed by atoms with E-state index in [0.717, 1.165) is 62.2 Å². The third kappa shape index (κ3) is 2.68. The number of fused-ring (bicyclic) bond motifs is 7. The second kappa shape index (κ2) is 8.14. The lowest BCUT2D eigenvalue weighted by Gasteiger charge is -2.32. The van der Waals surface area contributed by atoms with Crippen molar-refractivity contribution in [2.75, 3.05) is 0 Å². The highest BCUT2D eigenvalue weighted by Gasteiger charge is 2.68. The Morgan fingerprint density at radius 3 is 2.52 bits per heavy atom. The molecule has 216 valence electrons. The Balaban J connectivity index is 1.26. The quantitative estimate of drug-likeness (QED) is 0.204. The standard InChI is InChI=1S/C39H26N6O/c1-23-20-29(25-15-17-40-18-16-25)41-24(2)35(23)26-21-43-31-10-7-11-32-36(31)39(44(43)22-26)37-33(46-32)14-13-28-27-8-3-4-9-30(27)45(38(28)37)34-12-5-6-19-42(34)39/h3-22H,1-2H3/q+2. The van der Waals surface area contributed by atoms with Crippen molar-refractivity contribution in [1.82, 2.24) is 19.2 Å². The molecule has 0 N–H and O–H groups in total. The fourth-order valence-corrected chi connectivity index (χ4v) is 8.48. The number of aryl methyl sites for hydroxylation is 2. The summed E-state index contributed by atoms with van der Waals surface area (Å²) in [6.07, 6.45) is 10.4. The first-order chi connectivity index (χ1) is 22.6. The number of nitrogens with zero attached hydrogens (tertiary/aromatic N) is 6. The first-order valence-corrected chi connectivity index (χ1v) is 15.6. The molecule has 0 saturated carbocycles. The minimum absolute atomic E-state index is 0.704. The molecule has 0 bridgehead atoms. The summed E-state index contributed by atoms with van der Waals surface area (Å²) in [7, 11) is 0. The molecule has 7 heteroatoms. The molecule has 1 atom stereocenters. The SMILES string of the molecule is Cc1cc(-c2ccncc2)nc(C)c1-c1cn2[n+](c1)C13c4c(cccc4-2)Oc2ccc4c5ccccc5n(c4c21)-c1cccc[n+]13. The van der Waals surface area contributed by atoms with Gasteiger partial charge in [0.15, 0.2) is 11.1 Å². The zero-order valence-electron chi connectivity index (χ0n) is 25.1. The van der Waals surface area contributed by atoms with Crippen LogP contribution < -0.4 is 14.0 Å². The van der Waals surface area contributed by atoms with Gasteiger partial charge < -0.3 is 4.74 Å². The van der Waals surface area contributed by atoms with Gasteiger partial charge in [0.05, 0.1) is 23.7 Å². The number of rotatable bonds is 2. The van der Waals surface area contributed by atoms with Crippen LogP contribution in [0.2, 0.25) is 0 Å². The normalized spacial score (nSPS) is 16.3. The highest BCUT2D eigenvalue weighted by Crippen LogP contribution is 2.55. The Hall–Kier alpha value is -6.08. The van der Waals surface area contributed by atoms with Crippen molar-refractivity contribution in [2.24, 2.45) is 0 Å². The predicted molar refractivity (Wildman–Crippen MR) is 175 cm³/mol. The van der Waals surface area contributed by atoms with Crippen LogP contribution in [-0.2, 0) is 5.66 Å². The number of para-hydroxylation sites is 1. The Bertz CT molecular complexity index is 2630. The summed E-state index contributed by atoms with van der Waals surface area (Å²) >= 11 is 0. The molecule has 1 spiro atoms. The summed E-state index contributed by atoms with van der Waals surface area (Å²) in [6.45, 7) is 4.30. The molecule has 8 heterocycles. The summed E-state index contributed by atoms with van der Waals surface area (Å²) in [6, 6.07) is 32.2. The largest absolute Gasteiger partial charge is 0.456 e. The van der Waals surface area contributed by atoms with Gasteiger partial charge in [-0.25, -0.2) is 0 Å². The molecule has 3 aromatic carbocycles. The lowest BCUT2D eigenvalue weighted by atomic mass is 9.84. The smallest absolute Gasteiger partial charge is 0.397 e. The van der Waals surface area contributed by atoms with Crippen molar-refractivity contribution in [2.45, 2.75) is 19.5 Å². The van der Waals surface area contributed by atoms with Crippen LogP contribution >= 0.6 is 0 Å². The number of benzene rings is 3. The van der Waals surface area contributed by atoms with Crippen LogP contribution in [0.15, 0.2) is 122 Å². The minimum Gasteiger partial charge on any atom is -0.456 e. The Kier molecular flexibility index (Phi) is 4.29. The molecular formula is C39H26N6O+2. The second-order valence-electron chi connectivity index (χ2n) is 12.5. The zero-order valence-corrected chi connectivity index (χ0v) is 25.1. The van der Waals surface area contributed by atoms with Gasteiger partial charge in [-0.05, 0) is 80.1 Å². The number of aromatic nitrogens is 6. The van der Waals surface area contributed by atoms with E-state index in [-0.39, 0.29) is 0 Å². The van der Waals surface area contributed by atoms with Gasteiger partial charge in [-0.1, -0.05) is 28.9 Å². The highest BCUT2D eigenvalue weighted by atomic mass is 16.5. The molecule has 3 aliphatic rings. The molecule has 1 unspecified atom stereocenters. The number of ether oxygens (including phenoxy) is 1. The molecule has 46 heavy (non-hydrogen) atoms. The van der Waals surface area contributed by atoms with Crippen molar-refractivity contribution in [3.63, 3.8) is 0 Å². The molecule has 0 fully saturated rings. The lowest BCUT2D eigenvalue weighted by molar-refractivity contribution is -0.993. The summed E-state index contributed by atoms with van der Waals surface area (Å²) in [5.74, 6) is 2.87. The zero-order chi connectivity index (χ0) is 30.3. The van der Waals surface area contributed by atoms with Crippen molar-refractivity contribution in [1.29, 1.82) is 0 Å². The van der Waals surface area contributed by atoms with Crippen molar-refractivity contribution >= 4 is 21.8 Å². The topological polar surface area (TPSA) is 52.6 Å². The Morgan fingerprint density at radius 2 is 1.63 bits per heavy atom. The Labute approximate surface area is 263 Å². The van der Waals surface area contributed by atoms with Crippen LogP contribution in [0.4, 0.5) is 0 Å². The summed E-state index contributed by atoms with van der Waals surface area (Å²) in [5.41, 5.74) is 11.5. The molecule has 5 aromatic heterocycles. The lowest BCUT2D eigenvalue weighted by Crippen LogP contribution is -2.76. The van der Waals surface area contributed by atoms with Gasteiger partial charge in [0.25, 0.3) is 5.82 Å². The second-order valence-corrected chi connectivity index (χ2v) is 12.5. The van der Waals surface area contributed by atoms with Crippen molar-refractivity contribution < 1.29 is 14.0 Å². The maximum atomic E-state index is 6.78. The van der Waals surface area contributed by atoms with Gasteiger partial charge in [-0.15, -0.1) is 4.68 Å². The third-order valence-electron chi connectivity index (χ3n) is 10.1. The molecule has 0 saturated heterocycles. The van der Waals surface area contributed by atoms with Crippen molar-refractivity contribution in [3.8, 4) is 45.4 Å². The molecular weight excluding hydrogens is 568 g/mol. The summed E-state index contributed by atoms with van der Waals surface area (Å²) in [4.78, 5) is 9.27. The minimum atomic E-state index is -0.704.